The number of rotatable bonds is 1. The molecule has 0 saturated heterocycles. The minimum absolute atomic E-state index is 1.05. The van der Waals surface area contributed by atoms with E-state index in [0.717, 1.165) is 11.0 Å². The van der Waals surface area contributed by atoms with Crippen LogP contribution in [0.2, 0.25) is 0 Å². The zero-order valence-electron chi connectivity index (χ0n) is 11.6. The van der Waals surface area contributed by atoms with Crippen molar-refractivity contribution >= 4 is 37.8 Å². The van der Waals surface area contributed by atoms with Gasteiger partial charge in [0.1, 0.15) is 0 Å². The first-order valence-electron chi connectivity index (χ1n) is 7.08. The second kappa shape index (κ2) is 4.39. The van der Waals surface area contributed by atoms with Crippen molar-refractivity contribution in [2.45, 2.75) is 0 Å². The predicted octanol–water partition coefficient (Wildman–Crippen LogP) is 4.76. The lowest BCUT2D eigenvalue weighted by Gasteiger charge is -2.10. The van der Waals surface area contributed by atoms with E-state index in [1.165, 1.54) is 26.6 Å². The van der Waals surface area contributed by atoms with Crippen molar-refractivity contribution in [3.05, 3.63) is 66.7 Å². The van der Waals surface area contributed by atoms with E-state index in [1.54, 1.807) is 11.3 Å². The summed E-state index contributed by atoms with van der Waals surface area (Å²) in [6.07, 6.45) is 7.83. The lowest BCUT2D eigenvalue weighted by molar-refractivity contribution is 1.16. The van der Waals surface area contributed by atoms with E-state index in [2.05, 4.69) is 62.3 Å². The van der Waals surface area contributed by atoms with E-state index in [0.29, 0.717) is 0 Å². The largest absolute Gasteiger partial charge is 0.305 e. The Morgan fingerprint density at radius 2 is 1.86 bits per heavy atom. The monoisotopic (exact) mass is 301 g/mol. The maximum Gasteiger partial charge on any atom is 0.0992 e. The van der Waals surface area contributed by atoms with Gasteiger partial charge in [-0.05, 0) is 22.9 Å². The van der Waals surface area contributed by atoms with Gasteiger partial charge in [-0.3, -0.25) is 4.98 Å². The minimum Gasteiger partial charge on any atom is -0.305 e. The first-order chi connectivity index (χ1) is 10.9. The van der Waals surface area contributed by atoms with Crippen molar-refractivity contribution < 1.29 is 0 Å². The highest BCUT2D eigenvalue weighted by Crippen LogP contribution is 2.36. The molecule has 104 valence electrons. The molecule has 0 N–H and O–H groups in total. The van der Waals surface area contributed by atoms with Crippen LogP contribution in [-0.4, -0.2) is 14.4 Å². The Hall–Kier alpha value is -2.72. The van der Waals surface area contributed by atoms with E-state index in [1.807, 2.05) is 18.7 Å². The third kappa shape index (κ3) is 1.55. The number of hydrogen-bond donors (Lipinski definition) is 0. The molecular formula is C18H11N3S. The lowest BCUT2D eigenvalue weighted by Crippen LogP contribution is -1.89. The van der Waals surface area contributed by atoms with Gasteiger partial charge in [0, 0.05) is 28.9 Å². The second-order valence-corrected chi connectivity index (χ2v) is 6.18. The van der Waals surface area contributed by atoms with Crippen LogP contribution in [0.4, 0.5) is 0 Å². The van der Waals surface area contributed by atoms with Gasteiger partial charge in [0.2, 0.25) is 0 Å². The van der Waals surface area contributed by atoms with Crippen molar-refractivity contribution in [1.82, 2.24) is 14.4 Å². The lowest BCUT2D eigenvalue weighted by atomic mass is 10.0. The molecule has 0 aliphatic rings. The molecule has 0 fully saturated rings. The normalized spacial score (nSPS) is 11.6. The molecule has 0 bridgehead atoms. The van der Waals surface area contributed by atoms with Crippen LogP contribution < -0.4 is 0 Å². The molecule has 4 heterocycles. The molecule has 0 spiro atoms. The molecule has 0 saturated carbocycles. The van der Waals surface area contributed by atoms with Gasteiger partial charge in [-0.2, -0.15) is 0 Å². The smallest absolute Gasteiger partial charge is 0.0992 e. The van der Waals surface area contributed by atoms with Crippen LogP contribution in [0.5, 0.6) is 0 Å². The number of fused-ring (bicyclic) bond motifs is 4. The molecule has 5 aromatic rings. The zero-order chi connectivity index (χ0) is 14.5. The van der Waals surface area contributed by atoms with Gasteiger partial charge in [0.05, 0.1) is 28.3 Å². The summed E-state index contributed by atoms with van der Waals surface area (Å²) in [6.45, 7) is 0. The molecule has 1 aromatic carbocycles. The molecule has 0 amide bonds. The standard InChI is InChI=1S/C18H11N3S/c1-2-4-13-12(3-1)15(10-21-11-19-9-17(13)21)14-5-7-20-16-6-8-22-18(14)16/h1-11H. The van der Waals surface area contributed by atoms with Crippen LogP contribution in [0, 0.1) is 0 Å². The summed E-state index contributed by atoms with van der Waals surface area (Å²) < 4.78 is 3.32. The van der Waals surface area contributed by atoms with E-state index in [-0.39, 0.29) is 0 Å². The van der Waals surface area contributed by atoms with Crippen LogP contribution >= 0.6 is 11.3 Å². The van der Waals surface area contributed by atoms with Crippen molar-refractivity contribution in [2.24, 2.45) is 0 Å². The van der Waals surface area contributed by atoms with E-state index < -0.39 is 0 Å². The second-order valence-electron chi connectivity index (χ2n) is 5.27. The number of imidazole rings is 1. The quantitative estimate of drug-likeness (QED) is 0.446. The van der Waals surface area contributed by atoms with Gasteiger partial charge < -0.3 is 4.40 Å². The summed E-state index contributed by atoms with van der Waals surface area (Å²) in [7, 11) is 0. The van der Waals surface area contributed by atoms with Crippen molar-refractivity contribution in [1.29, 1.82) is 0 Å². The molecule has 5 rings (SSSR count). The average Bonchev–Trinajstić information content (AvgIpc) is 3.22. The van der Waals surface area contributed by atoms with Gasteiger partial charge in [0.25, 0.3) is 0 Å². The Morgan fingerprint density at radius 3 is 2.82 bits per heavy atom. The molecule has 0 aliphatic carbocycles. The van der Waals surface area contributed by atoms with Crippen LogP contribution in [0.15, 0.2) is 66.7 Å². The number of aromatic nitrogens is 3. The zero-order valence-corrected chi connectivity index (χ0v) is 12.4. The maximum atomic E-state index is 4.45. The van der Waals surface area contributed by atoms with Crippen LogP contribution in [0.3, 0.4) is 0 Å². The third-order valence-corrected chi connectivity index (χ3v) is 5.00. The average molecular weight is 301 g/mol. The van der Waals surface area contributed by atoms with Crippen LogP contribution in [0.1, 0.15) is 0 Å². The Kier molecular flexibility index (Phi) is 2.37. The summed E-state index contributed by atoms with van der Waals surface area (Å²) in [6, 6.07) is 12.7. The van der Waals surface area contributed by atoms with Crippen molar-refractivity contribution in [3.8, 4) is 11.1 Å². The molecule has 3 nitrogen and oxygen atoms in total. The van der Waals surface area contributed by atoms with Gasteiger partial charge in [-0.1, -0.05) is 24.3 Å². The molecule has 4 heteroatoms. The molecule has 0 atom stereocenters. The Morgan fingerprint density at radius 1 is 0.955 bits per heavy atom. The Bertz CT molecular complexity index is 1140. The van der Waals surface area contributed by atoms with Gasteiger partial charge in [0.15, 0.2) is 0 Å². The highest BCUT2D eigenvalue weighted by Gasteiger charge is 2.12. The summed E-state index contributed by atoms with van der Waals surface area (Å²) >= 11 is 1.74. The molecule has 4 aromatic heterocycles. The fourth-order valence-electron chi connectivity index (χ4n) is 3.07. The van der Waals surface area contributed by atoms with E-state index in [9.17, 15) is 0 Å². The molecule has 0 aliphatic heterocycles. The van der Waals surface area contributed by atoms with Crippen LogP contribution in [0.25, 0.3) is 37.6 Å². The Labute approximate surface area is 130 Å². The summed E-state index contributed by atoms with van der Waals surface area (Å²) in [4.78, 5) is 8.74. The maximum absolute atomic E-state index is 4.45. The van der Waals surface area contributed by atoms with Gasteiger partial charge in [-0.25, -0.2) is 4.98 Å². The molecular weight excluding hydrogens is 290 g/mol. The number of hydrogen-bond acceptors (Lipinski definition) is 3. The first-order valence-corrected chi connectivity index (χ1v) is 7.96. The molecule has 22 heavy (non-hydrogen) atoms. The SMILES string of the molecule is c1ccc2c(c1)c(-c1ccnc3ccsc13)cn1cncc21. The van der Waals surface area contributed by atoms with E-state index >= 15 is 0 Å². The summed E-state index contributed by atoms with van der Waals surface area (Å²) in [5, 5.41) is 4.56. The first kappa shape index (κ1) is 11.9. The molecule has 0 unspecified atom stereocenters. The summed E-state index contributed by atoms with van der Waals surface area (Å²) in [5.41, 5.74) is 4.64. The third-order valence-electron chi connectivity index (χ3n) is 4.06. The van der Waals surface area contributed by atoms with Gasteiger partial charge >= 0.3 is 0 Å². The minimum atomic E-state index is 1.05. The number of pyridine rings is 2. The fourth-order valence-corrected chi connectivity index (χ4v) is 3.95. The van der Waals surface area contributed by atoms with E-state index in [4.69, 9.17) is 0 Å². The highest BCUT2D eigenvalue weighted by molar-refractivity contribution is 7.17. The topological polar surface area (TPSA) is 30.2 Å². The van der Waals surface area contributed by atoms with Crippen molar-refractivity contribution in [2.75, 3.05) is 0 Å². The fraction of sp³-hybridized carbons (Fsp3) is 0. The predicted molar refractivity (Wildman–Crippen MR) is 91.3 cm³/mol. The van der Waals surface area contributed by atoms with Crippen molar-refractivity contribution in [3.63, 3.8) is 0 Å². The summed E-state index contributed by atoms with van der Waals surface area (Å²) in [5.74, 6) is 0. The number of benzene rings is 1. The van der Waals surface area contributed by atoms with Gasteiger partial charge in [-0.15, -0.1) is 11.3 Å². The molecule has 0 radical (unpaired) electrons. The van der Waals surface area contributed by atoms with Crippen LogP contribution in [-0.2, 0) is 0 Å². The number of nitrogens with zero attached hydrogens (tertiary/aromatic N) is 3. The highest BCUT2D eigenvalue weighted by atomic mass is 32.1. The number of thiophene rings is 1. The Balaban J connectivity index is 1.99.